The molecule has 0 aliphatic carbocycles. The molecule has 0 saturated carbocycles. The quantitative estimate of drug-likeness (QED) is 0.421. The van der Waals surface area contributed by atoms with Gasteiger partial charge in [0.05, 0.1) is 6.10 Å². The largest absolute Gasteiger partial charge is 0.431 e. The molecule has 0 amide bonds. The van der Waals surface area contributed by atoms with E-state index in [9.17, 15) is 4.79 Å². The molecule has 11 heavy (non-hydrogen) atoms. The van der Waals surface area contributed by atoms with Gasteiger partial charge in [0.1, 0.15) is 6.10 Å². The van der Waals surface area contributed by atoms with Crippen LogP contribution in [0.5, 0.6) is 0 Å². The van der Waals surface area contributed by atoms with Crippen LogP contribution >= 0.6 is 0 Å². The van der Waals surface area contributed by atoms with E-state index in [1.165, 1.54) is 0 Å². The van der Waals surface area contributed by atoms with Gasteiger partial charge < -0.3 is 14.2 Å². The first-order valence-electron chi connectivity index (χ1n) is 3.70. The molecule has 0 aromatic rings. The maximum absolute atomic E-state index is 11.0. The average Bonchev–Trinajstić information content (AvgIpc) is 2.76. The van der Waals surface area contributed by atoms with Crippen molar-refractivity contribution in [3.63, 3.8) is 0 Å². The van der Waals surface area contributed by atoms with Crippen molar-refractivity contribution in [2.75, 3.05) is 0 Å². The maximum Gasteiger partial charge on any atom is 0.340 e. The molecule has 2 saturated heterocycles. The first-order chi connectivity index (χ1) is 5.18. The van der Waals surface area contributed by atoms with E-state index >= 15 is 0 Å². The number of hydrogen-bond donors (Lipinski definition) is 0. The average molecular weight is 158 g/mol. The first kappa shape index (κ1) is 7.06. The van der Waals surface area contributed by atoms with Crippen LogP contribution in [0.1, 0.15) is 13.8 Å². The Labute approximate surface area is 64.4 Å². The van der Waals surface area contributed by atoms with E-state index in [0.717, 1.165) is 0 Å². The number of ether oxygens (including phenoxy) is 3. The third-order valence-electron chi connectivity index (χ3n) is 1.83. The molecule has 0 spiro atoms. The van der Waals surface area contributed by atoms with Gasteiger partial charge in [0.15, 0.2) is 6.10 Å². The minimum absolute atomic E-state index is 0.0246. The molecule has 4 atom stereocenters. The lowest BCUT2D eigenvalue weighted by atomic mass is 10.3. The van der Waals surface area contributed by atoms with Gasteiger partial charge in [0.2, 0.25) is 6.29 Å². The van der Waals surface area contributed by atoms with E-state index in [1.807, 2.05) is 13.8 Å². The molecule has 62 valence electrons. The smallest absolute Gasteiger partial charge is 0.340 e. The Kier molecular flexibility index (Phi) is 1.40. The van der Waals surface area contributed by atoms with Crippen molar-refractivity contribution in [3.05, 3.63) is 0 Å². The zero-order valence-corrected chi connectivity index (χ0v) is 6.44. The Morgan fingerprint density at radius 3 is 2.18 bits per heavy atom. The lowest BCUT2D eigenvalue weighted by Crippen LogP contribution is -2.15. The van der Waals surface area contributed by atoms with Crippen molar-refractivity contribution in [3.8, 4) is 0 Å². The van der Waals surface area contributed by atoms with Gasteiger partial charge in [0, 0.05) is 0 Å². The highest BCUT2D eigenvalue weighted by Gasteiger charge is 2.47. The highest BCUT2D eigenvalue weighted by molar-refractivity contribution is 5.78. The van der Waals surface area contributed by atoms with Crippen LogP contribution in [0.2, 0.25) is 0 Å². The van der Waals surface area contributed by atoms with Gasteiger partial charge in [-0.25, -0.2) is 4.79 Å². The molecule has 0 bridgehead atoms. The molecular weight excluding hydrogens is 148 g/mol. The van der Waals surface area contributed by atoms with Crippen molar-refractivity contribution >= 4 is 5.97 Å². The number of carbonyl (C=O) groups excluding carboxylic acids is 1. The fourth-order valence-electron chi connectivity index (χ4n) is 0.904. The Morgan fingerprint density at radius 1 is 1.27 bits per heavy atom. The molecule has 2 rings (SSSR count). The monoisotopic (exact) mass is 158 g/mol. The summed E-state index contributed by atoms with van der Waals surface area (Å²) in [5.41, 5.74) is 0. The number of esters is 1. The maximum atomic E-state index is 11.0. The second-order valence-corrected chi connectivity index (χ2v) is 2.91. The fraction of sp³-hybridized carbons (Fsp3) is 0.857. The van der Waals surface area contributed by atoms with E-state index in [0.29, 0.717) is 0 Å². The molecule has 2 aliphatic rings. The Balaban J connectivity index is 1.74. The van der Waals surface area contributed by atoms with Crippen molar-refractivity contribution in [2.45, 2.75) is 38.4 Å². The molecule has 4 unspecified atom stereocenters. The van der Waals surface area contributed by atoms with Gasteiger partial charge in [0.25, 0.3) is 0 Å². The first-order valence-corrected chi connectivity index (χ1v) is 3.70. The summed E-state index contributed by atoms with van der Waals surface area (Å²) in [6.45, 7) is 3.69. The van der Waals surface area contributed by atoms with Gasteiger partial charge in [-0.3, -0.25) is 0 Å². The number of rotatable bonds is 2. The summed E-state index contributed by atoms with van der Waals surface area (Å²) >= 11 is 0. The number of epoxide rings is 2. The fourth-order valence-corrected chi connectivity index (χ4v) is 0.904. The summed E-state index contributed by atoms with van der Waals surface area (Å²) in [6, 6.07) is 0. The van der Waals surface area contributed by atoms with Crippen molar-refractivity contribution in [1.29, 1.82) is 0 Å². The van der Waals surface area contributed by atoms with Crippen LogP contribution < -0.4 is 0 Å². The topological polar surface area (TPSA) is 51.4 Å². The molecule has 4 nitrogen and oxygen atoms in total. The Bertz CT molecular complexity index is 191. The van der Waals surface area contributed by atoms with Crippen LogP contribution in [-0.4, -0.2) is 30.6 Å². The van der Waals surface area contributed by atoms with Crippen LogP contribution in [-0.2, 0) is 19.0 Å². The minimum Gasteiger partial charge on any atom is -0.431 e. The second kappa shape index (κ2) is 2.19. The zero-order chi connectivity index (χ0) is 8.01. The van der Waals surface area contributed by atoms with E-state index < -0.39 is 0 Å². The molecule has 0 aromatic carbocycles. The molecule has 2 heterocycles. The Morgan fingerprint density at radius 2 is 1.82 bits per heavy atom. The van der Waals surface area contributed by atoms with Crippen molar-refractivity contribution < 1.29 is 19.0 Å². The predicted molar refractivity (Wildman–Crippen MR) is 34.8 cm³/mol. The summed E-state index contributed by atoms with van der Waals surface area (Å²) in [4.78, 5) is 11.0. The molecular formula is C7H10O4. The molecule has 0 N–H and O–H groups in total. The molecule has 0 radical (unpaired) electrons. The van der Waals surface area contributed by atoms with Gasteiger partial charge >= 0.3 is 5.97 Å². The van der Waals surface area contributed by atoms with Crippen LogP contribution in [0.3, 0.4) is 0 Å². The summed E-state index contributed by atoms with van der Waals surface area (Å²) in [5, 5.41) is 0. The highest BCUT2D eigenvalue weighted by atomic mass is 16.8. The number of hydrogen-bond acceptors (Lipinski definition) is 4. The van der Waals surface area contributed by atoms with E-state index in [4.69, 9.17) is 14.2 Å². The van der Waals surface area contributed by atoms with E-state index in [-0.39, 0.29) is 30.6 Å². The highest BCUT2D eigenvalue weighted by Crippen LogP contribution is 2.27. The predicted octanol–water partition coefficient (Wildman–Crippen LogP) is 0.0617. The molecule has 2 fully saturated rings. The SMILES string of the molecule is CC1OC1OC(=O)C1OC1C. The minimum atomic E-state index is -0.341. The van der Waals surface area contributed by atoms with Crippen molar-refractivity contribution in [1.82, 2.24) is 0 Å². The van der Waals surface area contributed by atoms with Gasteiger partial charge in [-0.1, -0.05) is 0 Å². The van der Waals surface area contributed by atoms with Crippen molar-refractivity contribution in [2.24, 2.45) is 0 Å². The van der Waals surface area contributed by atoms with Crippen LogP contribution in [0.25, 0.3) is 0 Å². The summed E-state index contributed by atoms with van der Waals surface area (Å²) in [6.07, 6.45) is -0.574. The van der Waals surface area contributed by atoms with Gasteiger partial charge in [-0.05, 0) is 13.8 Å². The summed E-state index contributed by atoms with van der Waals surface area (Å²) < 4.78 is 14.7. The normalized spacial score (nSPS) is 46.7. The zero-order valence-electron chi connectivity index (χ0n) is 6.44. The van der Waals surface area contributed by atoms with E-state index in [1.54, 1.807) is 0 Å². The third kappa shape index (κ3) is 1.36. The van der Waals surface area contributed by atoms with Crippen LogP contribution in [0.4, 0.5) is 0 Å². The van der Waals surface area contributed by atoms with E-state index in [2.05, 4.69) is 0 Å². The number of carbonyl (C=O) groups is 1. The molecule has 2 aliphatic heterocycles. The molecule has 0 aromatic heterocycles. The summed E-state index contributed by atoms with van der Waals surface area (Å²) in [5.74, 6) is -0.299. The second-order valence-electron chi connectivity index (χ2n) is 2.91. The summed E-state index contributed by atoms with van der Waals surface area (Å²) in [7, 11) is 0. The standard InChI is InChI=1S/C7H10O4/c1-3-5(9-3)6(8)11-7-4(2)10-7/h3-5,7H,1-2H3. The van der Waals surface area contributed by atoms with Gasteiger partial charge in [-0.2, -0.15) is 0 Å². The third-order valence-corrected chi connectivity index (χ3v) is 1.83. The molecule has 4 heteroatoms. The van der Waals surface area contributed by atoms with Crippen LogP contribution in [0, 0.1) is 0 Å². The lowest BCUT2D eigenvalue weighted by Gasteiger charge is -1.95. The lowest BCUT2D eigenvalue weighted by molar-refractivity contribution is -0.150. The van der Waals surface area contributed by atoms with Gasteiger partial charge in [-0.15, -0.1) is 0 Å². The Hall–Kier alpha value is -0.610. The van der Waals surface area contributed by atoms with Crippen LogP contribution in [0.15, 0.2) is 0 Å².